The predicted molar refractivity (Wildman–Crippen MR) is 184 cm³/mol. The number of carbonyl (C=O) groups is 5. The van der Waals surface area contributed by atoms with E-state index < -0.39 is 33.5 Å². The number of ether oxygens (including phenoxy) is 5. The van der Waals surface area contributed by atoms with E-state index in [9.17, 15) is 24.0 Å². The van der Waals surface area contributed by atoms with Gasteiger partial charge in [-0.15, -0.1) is 0 Å². The van der Waals surface area contributed by atoms with E-state index in [2.05, 4.69) is 0 Å². The highest BCUT2D eigenvalue weighted by molar-refractivity contribution is 8.26. The molecule has 0 N–H and O–H groups in total. The summed E-state index contributed by atoms with van der Waals surface area (Å²) >= 11 is 2.72. The number of anilines is 1. The summed E-state index contributed by atoms with van der Waals surface area (Å²) in [6.45, 7) is 5.38. The normalized spacial score (nSPS) is 17.4. The van der Waals surface area contributed by atoms with Gasteiger partial charge in [-0.25, -0.2) is 19.2 Å². The molecule has 3 aliphatic rings. The molecule has 11 nitrogen and oxygen atoms in total. The monoisotopic (exact) mass is 711 g/mol. The second-order valence-corrected chi connectivity index (χ2v) is 14.8. The van der Waals surface area contributed by atoms with Crippen LogP contribution < -0.4 is 9.64 Å². The number of nitrogens with zero attached hydrogens (tertiary/aromatic N) is 1. The lowest BCUT2D eigenvalue weighted by Crippen LogP contribution is -2.55. The van der Waals surface area contributed by atoms with E-state index >= 15 is 0 Å². The minimum Gasteiger partial charge on any atom is -0.484 e. The number of benzene rings is 2. The van der Waals surface area contributed by atoms with E-state index in [1.165, 1.54) is 28.4 Å². The number of rotatable bonds is 8. The Kier molecular flexibility index (Phi) is 10.1. The summed E-state index contributed by atoms with van der Waals surface area (Å²) in [4.78, 5) is 69.5. The molecule has 0 atom stereocenters. The molecule has 0 aliphatic carbocycles. The lowest BCUT2D eigenvalue weighted by molar-refractivity contribution is -0.138. The third kappa shape index (κ3) is 5.79. The first-order valence-electron chi connectivity index (χ1n) is 14.7. The molecule has 0 radical (unpaired) electrons. The molecule has 2 aromatic carbocycles. The van der Waals surface area contributed by atoms with Gasteiger partial charge in [-0.2, -0.15) is 0 Å². The Morgan fingerprint density at radius 1 is 0.729 bits per heavy atom. The highest BCUT2D eigenvalue weighted by Gasteiger charge is 2.61. The van der Waals surface area contributed by atoms with Crippen LogP contribution in [0.4, 0.5) is 5.69 Å². The number of hydrogen-bond donors (Lipinski definition) is 0. The first kappa shape index (κ1) is 35.2. The van der Waals surface area contributed by atoms with Crippen molar-refractivity contribution in [3.63, 3.8) is 0 Å². The van der Waals surface area contributed by atoms with E-state index in [-0.39, 0.29) is 32.8 Å². The summed E-state index contributed by atoms with van der Waals surface area (Å²) in [6, 6.07) is 14.6. The van der Waals surface area contributed by atoms with Crippen molar-refractivity contribution in [3.8, 4) is 5.75 Å². The molecule has 0 fully saturated rings. The van der Waals surface area contributed by atoms with E-state index in [1.807, 2.05) is 45.0 Å². The smallest absolute Gasteiger partial charge is 0.345 e. The van der Waals surface area contributed by atoms with E-state index in [4.69, 9.17) is 23.7 Å². The van der Waals surface area contributed by atoms with Gasteiger partial charge in [-0.05, 0) is 44.0 Å². The van der Waals surface area contributed by atoms with Crippen molar-refractivity contribution in [3.05, 3.63) is 84.9 Å². The molecular weight excluding hydrogens is 679 g/mol. The van der Waals surface area contributed by atoms with Crippen molar-refractivity contribution in [2.45, 2.75) is 36.8 Å². The number of carbonyl (C=O) groups excluding carboxylic acids is 5. The summed E-state index contributed by atoms with van der Waals surface area (Å²) in [5.41, 5.74) is 1.35. The van der Waals surface area contributed by atoms with E-state index in [0.717, 1.165) is 47.3 Å². The van der Waals surface area contributed by atoms with Crippen molar-refractivity contribution in [1.29, 1.82) is 0 Å². The van der Waals surface area contributed by atoms with Gasteiger partial charge in [0, 0.05) is 16.0 Å². The maximum absolute atomic E-state index is 14.2. The fraction of sp³-hybridized carbons (Fsp3) is 0.324. The molecular formula is C34H33NO10S3. The van der Waals surface area contributed by atoms with Crippen LogP contribution in [0.15, 0.2) is 73.7 Å². The van der Waals surface area contributed by atoms with Gasteiger partial charge < -0.3 is 23.7 Å². The number of aryl methyl sites for hydroxylation is 1. The van der Waals surface area contributed by atoms with Crippen LogP contribution in [0.2, 0.25) is 0 Å². The number of para-hydroxylation sites is 1. The molecule has 0 aromatic heterocycles. The minimum atomic E-state index is -1.65. The minimum absolute atomic E-state index is 0.116. The number of methoxy groups -OCH3 is 4. The standard InChI is InChI=1S/C34H33NO10S3/c1-8-18-13-15-19(16-14-18)45-17-22(36)35-21-12-10-9-11-20(21)23-28(33(35,2)3)46-25(30(38)42-5)24(29(37)41-4)34(23)47-26(31(39)43-6)27(48-34)32(40)44-7/h9-16H,8,17H2,1-7H3. The number of amides is 1. The molecule has 0 saturated heterocycles. The van der Waals surface area contributed by atoms with Crippen molar-refractivity contribution in [1.82, 2.24) is 0 Å². The Morgan fingerprint density at radius 2 is 1.27 bits per heavy atom. The third-order valence-electron chi connectivity index (χ3n) is 7.99. The molecule has 0 unspecified atom stereocenters. The fourth-order valence-electron chi connectivity index (χ4n) is 5.74. The summed E-state index contributed by atoms with van der Waals surface area (Å²) in [7, 11) is 4.68. The van der Waals surface area contributed by atoms with Crippen LogP contribution in [0.5, 0.6) is 5.75 Å². The zero-order valence-electron chi connectivity index (χ0n) is 27.3. The van der Waals surface area contributed by atoms with Gasteiger partial charge in [0.1, 0.15) is 24.5 Å². The first-order chi connectivity index (χ1) is 22.9. The Balaban J connectivity index is 1.73. The third-order valence-corrected chi connectivity index (χ3v) is 12.6. The van der Waals surface area contributed by atoms with Crippen LogP contribution in [0, 0.1) is 0 Å². The molecule has 3 heterocycles. The van der Waals surface area contributed by atoms with Gasteiger partial charge in [0.25, 0.3) is 5.91 Å². The van der Waals surface area contributed by atoms with Gasteiger partial charge >= 0.3 is 23.9 Å². The molecule has 14 heteroatoms. The van der Waals surface area contributed by atoms with Gasteiger partial charge in [-0.1, -0.05) is 72.5 Å². The highest BCUT2D eigenvalue weighted by atomic mass is 32.2. The SMILES string of the molecule is CCc1ccc(OCC(=O)N2c3ccccc3C3=C(SC(C(=O)OC)=C(C(=O)OC)C34SC(C(=O)OC)=C(C(=O)OC)S4)C2(C)C)cc1. The summed E-state index contributed by atoms with van der Waals surface area (Å²) in [6.07, 6.45) is 0.864. The lowest BCUT2D eigenvalue weighted by atomic mass is 9.83. The molecule has 2 aromatic rings. The van der Waals surface area contributed by atoms with Crippen molar-refractivity contribution >= 4 is 76.3 Å². The number of thioether (sulfide) groups is 3. The Hall–Kier alpha value is -4.14. The zero-order valence-corrected chi connectivity index (χ0v) is 29.7. The summed E-state index contributed by atoms with van der Waals surface area (Å²) in [5, 5.41) is 0. The summed E-state index contributed by atoms with van der Waals surface area (Å²) < 4.78 is 24.7. The second-order valence-electron chi connectivity index (χ2n) is 11.0. The van der Waals surface area contributed by atoms with Gasteiger partial charge in [0.2, 0.25) is 0 Å². The molecule has 5 rings (SSSR count). The fourth-order valence-corrected chi connectivity index (χ4v) is 10.8. The predicted octanol–water partition coefficient (Wildman–Crippen LogP) is 5.25. The molecule has 1 spiro atoms. The number of fused-ring (bicyclic) bond motifs is 3. The van der Waals surface area contributed by atoms with Crippen molar-refractivity contribution in [2.24, 2.45) is 0 Å². The average Bonchev–Trinajstić information content (AvgIpc) is 3.49. The van der Waals surface area contributed by atoms with Crippen LogP contribution >= 0.6 is 35.3 Å². The van der Waals surface area contributed by atoms with Crippen LogP contribution in [0.1, 0.15) is 31.9 Å². The second kappa shape index (κ2) is 13.8. The van der Waals surface area contributed by atoms with Crippen LogP contribution in [0.3, 0.4) is 0 Å². The average molecular weight is 712 g/mol. The van der Waals surface area contributed by atoms with Crippen LogP contribution in [0.25, 0.3) is 5.57 Å². The van der Waals surface area contributed by atoms with Gasteiger partial charge in [0.05, 0.1) is 45.2 Å². The molecule has 1 amide bonds. The molecule has 3 aliphatic heterocycles. The van der Waals surface area contributed by atoms with Gasteiger partial charge in [-0.3, -0.25) is 9.69 Å². The van der Waals surface area contributed by atoms with E-state index in [1.54, 1.807) is 29.2 Å². The van der Waals surface area contributed by atoms with Gasteiger partial charge in [0.15, 0.2) is 6.61 Å². The maximum atomic E-state index is 14.2. The quantitative estimate of drug-likeness (QED) is 0.261. The number of esters is 4. The highest BCUT2D eigenvalue weighted by Crippen LogP contribution is 2.71. The Bertz CT molecular complexity index is 1780. The van der Waals surface area contributed by atoms with Crippen molar-refractivity contribution in [2.75, 3.05) is 39.9 Å². The molecule has 48 heavy (non-hydrogen) atoms. The zero-order chi connectivity index (χ0) is 35.0. The first-order valence-corrected chi connectivity index (χ1v) is 17.1. The topological polar surface area (TPSA) is 135 Å². The van der Waals surface area contributed by atoms with Crippen LogP contribution in [-0.2, 0) is 49.3 Å². The number of hydrogen-bond acceptors (Lipinski definition) is 13. The largest absolute Gasteiger partial charge is 0.484 e. The van der Waals surface area contributed by atoms with Crippen LogP contribution in [-0.4, -0.2) is 74.4 Å². The van der Waals surface area contributed by atoms with Crippen molar-refractivity contribution < 1.29 is 47.7 Å². The van der Waals surface area contributed by atoms with E-state index in [0.29, 0.717) is 27.5 Å². The Morgan fingerprint density at radius 3 is 1.81 bits per heavy atom. The Labute approximate surface area is 290 Å². The lowest BCUT2D eigenvalue weighted by Gasteiger charge is -2.50. The maximum Gasteiger partial charge on any atom is 0.345 e. The summed E-state index contributed by atoms with van der Waals surface area (Å²) in [5.74, 6) is -3.22. The molecule has 0 bridgehead atoms. The molecule has 0 saturated carbocycles. The molecule has 252 valence electrons.